The lowest BCUT2D eigenvalue weighted by molar-refractivity contribution is 0.0123. The van der Waals surface area contributed by atoms with Crippen LogP contribution < -0.4 is 5.32 Å². The van der Waals surface area contributed by atoms with E-state index in [1.54, 1.807) is 0 Å². The van der Waals surface area contributed by atoms with Crippen LogP contribution in [0.25, 0.3) is 16.8 Å². The summed E-state index contributed by atoms with van der Waals surface area (Å²) in [6.45, 7) is 2.97. The van der Waals surface area contributed by atoms with Gasteiger partial charge in [-0.1, -0.05) is 30.3 Å². The zero-order valence-corrected chi connectivity index (χ0v) is 15.3. The number of hydrogen-bond donors (Lipinski definition) is 2. The number of carbonyl (C=O) groups is 1. The number of nitrogens with zero attached hydrogens (tertiary/aromatic N) is 2. The third kappa shape index (κ3) is 3.22. The van der Waals surface area contributed by atoms with Crippen molar-refractivity contribution in [1.82, 2.24) is 14.7 Å². The number of nitrogens with one attached hydrogen (secondary N) is 1. The highest BCUT2D eigenvalue weighted by Gasteiger charge is 2.35. The van der Waals surface area contributed by atoms with E-state index in [1.165, 1.54) is 0 Å². The molecule has 1 saturated heterocycles. The maximum absolute atomic E-state index is 13.1. The van der Waals surface area contributed by atoms with Crippen molar-refractivity contribution in [3.05, 3.63) is 60.0 Å². The molecule has 0 spiro atoms. The Hall–Kier alpha value is -2.70. The monoisotopic (exact) mass is 365 g/mol. The van der Waals surface area contributed by atoms with Gasteiger partial charge in [0.1, 0.15) is 0 Å². The number of pyridine rings is 1. The molecular formula is C21H23N3O3. The number of hydrogen-bond acceptors (Lipinski definition) is 4. The number of ether oxygens (including phenoxy) is 1. The summed E-state index contributed by atoms with van der Waals surface area (Å²) in [7, 11) is 0. The predicted octanol–water partition coefficient (Wildman–Crippen LogP) is 2.58. The molecule has 1 aliphatic heterocycles. The van der Waals surface area contributed by atoms with E-state index < -0.39 is 5.54 Å². The quantitative estimate of drug-likeness (QED) is 0.745. The molecule has 140 valence electrons. The maximum atomic E-state index is 13.1. The highest BCUT2D eigenvalue weighted by atomic mass is 16.5. The van der Waals surface area contributed by atoms with Crippen LogP contribution in [0.3, 0.4) is 0 Å². The van der Waals surface area contributed by atoms with E-state index in [0.717, 1.165) is 22.3 Å². The van der Waals surface area contributed by atoms with Gasteiger partial charge in [0, 0.05) is 25.0 Å². The van der Waals surface area contributed by atoms with Crippen molar-refractivity contribution in [2.24, 2.45) is 0 Å². The highest BCUT2D eigenvalue weighted by Crippen LogP contribution is 2.28. The highest BCUT2D eigenvalue weighted by molar-refractivity contribution is 5.95. The number of benzene rings is 1. The van der Waals surface area contributed by atoms with Gasteiger partial charge in [-0.05, 0) is 37.5 Å². The van der Waals surface area contributed by atoms with Crippen LogP contribution in [0, 0.1) is 6.92 Å². The number of aromatic nitrogens is 2. The van der Waals surface area contributed by atoms with Crippen molar-refractivity contribution < 1.29 is 14.6 Å². The molecule has 4 rings (SSSR count). The van der Waals surface area contributed by atoms with Crippen molar-refractivity contribution >= 4 is 11.4 Å². The third-order valence-corrected chi connectivity index (χ3v) is 5.28. The minimum absolute atomic E-state index is 0.115. The van der Waals surface area contributed by atoms with Crippen LogP contribution >= 0.6 is 0 Å². The first kappa shape index (κ1) is 17.7. The van der Waals surface area contributed by atoms with Gasteiger partial charge in [0.2, 0.25) is 5.82 Å². The van der Waals surface area contributed by atoms with Crippen LogP contribution in [0.2, 0.25) is 0 Å². The smallest absolute Gasteiger partial charge is 0.288 e. The van der Waals surface area contributed by atoms with E-state index in [1.807, 2.05) is 60.0 Å². The molecule has 0 bridgehead atoms. The number of rotatable bonds is 4. The van der Waals surface area contributed by atoms with Crippen molar-refractivity contribution in [2.75, 3.05) is 19.8 Å². The summed E-state index contributed by atoms with van der Waals surface area (Å²) in [4.78, 5) is 17.8. The van der Waals surface area contributed by atoms with Gasteiger partial charge in [0.25, 0.3) is 5.91 Å². The Morgan fingerprint density at radius 3 is 2.70 bits per heavy atom. The van der Waals surface area contributed by atoms with Crippen LogP contribution in [0.15, 0.2) is 48.7 Å². The van der Waals surface area contributed by atoms with Gasteiger partial charge in [-0.2, -0.15) is 0 Å². The summed E-state index contributed by atoms with van der Waals surface area (Å²) in [6, 6.07) is 13.8. The Bertz CT molecular complexity index is 974. The molecule has 1 aromatic carbocycles. The van der Waals surface area contributed by atoms with Crippen LogP contribution in [0.1, 0.15) is 29.0 Å². The fraction of sp³-hybridized carbons (Fsp3) is 0.333. The maximum Gasteiger partial charge on any atom is 0.288 e. The molecule has 2 aromatic heterocycles. The first-order chi connectivity index (χ1) is 13.1. The Morgan fingerprint density at radius 2 is 1.96 bits per heavy atom. The van der Waals surface area contributed by atoms with Crippen molar-refractivity contribution in [3.63, 3.8) is 0 Å². The number of aryl methyl sites for hydroxylation is 1. The van der Waals surface area contributed by atoms with E-state index in [-0.39, 0.29) is 12.5 Å². The average molecular weight is 365 g/mol. The number of amides is 1. The number of carbonyl (C=O) groups excluding carboxylic acids is 1. The van der Waals surface area contributed by atoms with Crippen LogP contribution in [-0.2, 0) is 4.74 Å². The second-order valence-corrected chi connectivity index (χ2v) is 7.06. The predicted molar refractivity (Wildman–Crippen MR) is 103 cm³/mol. The lowest BCUT2D eigenvalue weighted by Crippen LogP contribution is -2.54. The lowest BCUT2D eigenvalue weighted by Gasteiger charge is -2.36. The van der Waals surface area contributed by atoms with Gasteiger partial charge in [-0.25, -0.2) is 4.98 Å². The van der Waals surface area contributed by atoms with Gasteiger partial charge < -0.3 is 15.2 Å². The third-order valence-electron chi connectivity index (χ3n) is 5.28. The second-order valence-electron chi connectivity index (χ2n) is 7.06. The summed E-state index contributed by atoms with van der Waals surface area (Å²) in [5, 5.41) is 12.9. The molecule has 6 nitrogen and oxygen atoms in total. The van der Waals surface area contributed by atoms with Gasteiger partial charge in [-0.15, -0.1) is 0 Å². The van der Waals surface area contributed by atoms with E-state index in [4.69, 9.17) is 4.74 Å². The molecule has 27 heavy (non-hydrogen) atoms. The Morgan fingerprint density at radius 1 is 1.22 bits per heavy atom. The standard InChI is InChI=1S/C21H23N3O3/c1-15-6-2-3-7-16(15)18-17-8-4-5-11-24(17)19(22-18)20(26)23-21(14-25)9-12-27-13-10-21/h2-8,11,25H,9-10,12-14H2,1H3,(H,23,26). The molecule has 0 unspecified atom stereocenters. The lowest BCUT2D eigenvalue weighted by atomic mass is 9.91. The Balaban J connectivity index is 1.76. The summed E-state index contributed by atoms with van der Waals surface area (Å²) < 4.78 is 7.18. The minimum Gasteiger partial charge on any atom is -0.394 e. The molecule has 0 atom stereocenters. The number of imidazole rings is 1. The fourth-order valence-corrected chi connectivity index (χ4v) is 3.62. The molecule has 0 aliphatic carbocycles. The number of aliphatic hydroxyl groups excluding tert-OH is 1. The van der Waals surface area contributed by atoms with E-state index in [2.05, 4.69) is 10.3 Å². The molecule has 6 heteroatoms. The van der Waals surface area contributed by atoms with Crippen LogP contribution in [0.5, 0.6) is 0 Å². The van der Waals surface area contributed by atoms with Gasteiger partial charge in [-0.3, -0.25) is 9.20 Å². The molecule has 0 saturated carbocycles. The Kier molecular flexibility index (Phi) is 4.68. The van der Waals surface area contributed by atoms with Crippen LogP contribution in [0.4, 0.5) is 0 Å². The summed E-state index contributed by atoms with van der Waals surface area (Å²) in [6.07, 6.45) is 3.01. The zero-order chi connectivity index (χ0) is 18.9. The minimum atomic E-state index is -0.654. The van der Waals surface area contributed by atoms with Gasteiger partial charge in [0.05, 0.1) is 23.4 Å². The fourth-order valence-electron chi connectivity index (χ4n) is 3.62. The topological polar surface area (TPSA) is 75.9 Å². The van der Waals surface area contributed by atoms with E-state index in [0.29, 0.717) is 31.9 Å². The van der Waals surface area contributed by atoms with Crippen molar-refractivity contribution in [2.45, 2.75) is 25.3 Å². The van der Waals surface area contributed by atoms with Crippen molar-refractivity contribution in [3.8, 4) is 11.3 Å². The second kappa shape index (κ2) is 7.13. The molecule has 0 radical (unpaired) electrons. The first-order valence-corrected chi connectivity index (χ1v) is 9.18. The molecule has 3 aromatic rings. The zero-order valence-electron chi connectivity index (χ0n) is 15.3. The summed E-state index contributed by atoms with van der Waals surface area (Å²) in [5.74, 6) is 0.0372. The normalized spacial score (nSPS) is 16.4. The molecular weight excluding hydrogens is 342 g/mol. The first-order valence-electron chi connectivity index (χ1n) is 9.18. The van der Waals surface area contributed by atoms with Crippen LogP contribution in [-0.4, -0.2) is 45.8 Å². The molecule has 3 heterocycles. The molecule has 1 fully saturated rings. The van der Waals surface area contributed by atoms with Gasteiger partial charge in [0.15, 0.2) is 0 Å². The number of aliphatic hydroxyl groups is 1. The summed E-state index contributed by atoms with van der Waals surface area (Å²) in [5.41, 5.74) is 3.11. The SMILES string of the molecule is Cc1ccccc1-c1nc(C(=O)NC2(CO)CCOCC2)n2ccccc12. The van der Waals surface area contributed by atoms with Crippen molar-refractivity contribution in [1.29, 1.82) is 0 Å². The summed E-state index contributed by atoms with van der Waals surface area (Å²) >= 11 is 0. The molecule has 2 N–H and O–H groups in total. The molecule has 1 aliphatic rings. The van der Waals surface area contributed by atoms with E-state index in [9.17, 15) is 9.90 Å². The molecule has 1 amide bonds. The van der Waals surface area contributed by atoms with E-state index >= 15 is 0 Å². The largest absolute Gasteiger partial charge is 0.394 e. The Labute approximate surface area is 157 Å². The van der Waals surface area contributed by atoms with Gasteiger partial charge >= 0.3 is 0 Å². The average Bonchev–Trinajstić information content (AvgIpc) is 3.09. The number of fused-ring (bicyclic) bond motifs is 1.